The SMILES string of the molecule is CCCCNc1ncc(C(=O)Nc2ccc(N3CCC(C)CC3)cc2)cn1. The molecule has 2 N–H and O–H groups in total. The zero-order valence-electron chi connectivity index (χ0n) is 16.2. The number of hydrogen-bond donors (Lipinski definition) is 2. The molecule has 0 atom stereocenters. The van der Waals surface area contributed by atoms with Crippen LogP contribution in [0.4, 0.5) is 17.3 Å². The molecule has 0 aliphatic carbocycles. The Morgan fingerprint density at radius 2 is 1.81 bits per heavy atom. The lowest BCUT2D eigenvalue weighted by Crippen LogP contribution is -2.32. The van der Waals surface area contributed by atoms with Crippen molar-refractivity contribution < 1.29 is 4.79 Å². The Kier molecular flexibility index (Phi) is 6.63. The molecular weight excluding hydrogens is 338 g/mol. The number of carbonyl (C=O) groups is 1. The van der Waals surface area contributed by atoms with Crippen molar-refractivity contribution in [3.05, 3.63) is 42.2 Å². The number of aromatic nitrogens is 2. The van der Waals surface area contributed by atoms with Crippen molar-refractivity contribution in [3.63, 3.8) is 0 Å². The van der Waals surface area contributed by atoms with E-state index in [1.807, 2.05) is 12.1 Å². The highest BCUT2D eigenvalue weighted by atomic mass is 16.1. The molecule has 2 aromatic rings. The molecule has 6 heteroatoms. The van der Waals surface area contributed by atoms with Crippen LogP contribution in [0.2, 0.25) is 0 Å². The third kappa shape index (κ3) is 5.42. The first kappa shape index (κ1) is 19.1. The minimum absolute atomic E-state index is 0.199. The van der Waals surface area contributed by atoms with Gasteiger partial charge in [-0.1, -0.05) is 20.3 Å². The summed E-state index contributed by atoms with van der Waals surface area (Å²) in [4.78, 5) is 23.2. The molecule has 0 saturated carbocycles. The number of unbranched alkanes of at least 4 members (excludes halogenated alkanes) is 1. The molecule has 2 heterocycles. The van der Waals surface area contributed by atoms with Crippen LogP contribution in [0.1, 0.15) is 49.9 Å². The van der Waals surface area contributed by atoms with Crippen LogP contribution >= 0.6 is 0 Å². The topological polar surface area (TPSA) is 70.2 Å². The second kappa shape index (κ2) is 9.35. The van der Waals surface area contributed by atoms with Gasteiger partial charge in [-0.2, -0.15) is 0 Å². The maximum absolute atomic E-state index is 12.4. The lowest BCUT2D eigenvalue weighted by molar-refractivity contribution is 0.102. The molecule has 1 fully saturated rings. The quantitative estimate of drug-likeness (QED) is 0.719. The average Bonchev–Trinajstić information content (AvgIpc) is 2.70. The van der Waals surface area contributed by atoms with Crippen LogP contribution in [-0.4, -0.2) is 35.5 Å². The maximum Gasteiger partial charge on any atom is 0.258 e. The van der Waals surface area contributed by atoms with Gasteiger partial charge in [0.25, 0.3) is 5.91 Å². The highest BCUT2D eigenvalue weighted by Gasteiger charge is 2.16. The highest BCUT2D eigenvalue weighted by molar-refractivity contribution is 6.03. The van der Waals surface area contributed by atoms with Crippen LogP contribution in [0.25, 0.3) is 0 Å². The molecular formula is C21H29N5O. The number of benzene rings is 1. The van der Waals surface area contributed by atoms with Gasteiger partial charge in [0.2, 0.25) is 5.95 Å². The number of anilines is 3. The van der Waals surface area contributed by atoms with Crippen LogP contribution < -0.4 is 15.5 Å². The number of piperidine rings is 1. The first-order valence-corrected chi connectivity index (χ1v) is 9.88. The maximum atomic E-state index is 12.4. The molecule has 144 valence electrons. The van der Waals surface area contributed by atoms with Gasteiger partial charge >= 0.3 is 0 Å². The van der Waals surface area contributed by atoms with Gasteiger partial charge in [-0.3, -0.25) is 4.79 Å². The Hall–Kier alpha value is -2.63. The molecule has 6 nitrogen and oxygen atoms in total. The predicted octanol–water partition coefficient (Wildman–Crippen LogP) is 4.18. The molecule has 1 aliphatic rings. The van der Waals surface area contributed by atoms with E-state index < -0.39 is 0 Å². The van der Waals surface area contributed by atoms with Crippen LogP contribution in [0, 0.1) is 5.92 Å². The summed E-state index contributed by atoms with van der Waals surface area (Å²) in [6.45, 7) is 7.49. The molecule has 1 amide bonds. The molecule has 1 aromatic heterocycles. The van der Waals surface area contributed by atoms with Gasteiger partial charge in [0, 0.05) is 43.4 Å². The van der Waals surface area contributed by atoms with Crippen molar-refractivity contribution in [2.24, 2.45) is 5.92 Å². The van der Waals surface area contributed by atoms with Crippen molar-refractivity contribution in [2.75, 3.05) is 35.2 Å². The Morgan fingerprint density at radius 3 is 2.44 bits per heavy atom. The first-order chi connectivity index (χ1) is 13.2. The zero-order chi connectivity index (χ0) is 19.1. The highest BCUT2D eigenvalue weighted by Crippen LogP contribution is 2.24. The van der Waals surface area contributed by atoms with Gasteiger partial charge < -0.3 is 15.5 Å². The van der Waals surface area contributed by atoms with Gasteiger partial charge in [-0.25, -0.2) is 9.97 Å². The third-order valence-electron chi connectivity index (χ3n) is 5.00. The van der Waals surface area contributed by atoms with Crippen LogP contribution in [-0.2, 0) is 0 Å². The minimum Gasteiger partial charge on any atom is -0.372 e. The van der Waals surface area contributed by atoms with Crippen LogP contribution in [0.3, 0.4) is 0 Å². The second-order valence-electron chi connectivity index (χ2n) is 7.25. The van der Waals surface area contributed by atoms with E-state index in [0.717, 1.165) is 44.1 Å². The molecule has 1 aromatic carbocycles. The summed E-state index contributed by atoms with van der Waals surface area (Å²) >= 11 is 0. The average molecular weight is 367 g/mol. The summed E-state index contributed by atoms with van der Waals surface area (Å²) in [5.74, 6) is 1.17. The van der Waals surface area contributed by atoms with Crippen molar-refractivity contribution >= 4 is 23.2 Å². The summed E-state index contributed by atoms with van der Waals surface area (Å²) < 4.78 is 0. The summed E-state index contributed by atoms with van der Waals surface area (Å²) in [5.41, 5.74) is 2.44. The Bertz CT molecular complexity index is 721. The summed E-state index contributed by atoms with van der Waals surface area (Å²) in [6.07, 6.45) is 7.77. The molecule has 0 radical (unpaired) electrons. The fourth-order valence-corrected chi connectivity index (χ4v) is 3.14. The summed E-state index contributed by atoms with van der Waals surface area (Å²) in [7, 11) is 0. The predicted molar refractivity (Wildman–Crippen MR) is 110 cm³/mol. The van der Waals surface area contributed by atoms with E-state index in [1.54, 1.807) is 12.4 Å². The van der Waals surface area contributed by atoms with Crippen molar-refractivity contribution in [1.29, 1.82) is 0 Å². The van der Waals surface area contributed by atoms with Crippen LogP contribution in [0.15, 0.2) is 36.7 Å². The number of hydrogen-bond acceptors (Lipinski definition) is 5. The smallest absolute Gasteiger partial charge is 0.258 e. The Balaban J connectivity index is 1.54. The minimum atomic E-state index is -0.199. The van der Waals surface area contributed by atoms with Gasteiger partial charge in [-0.15, -0.1) is 0 Å². The monoisotopic (exact) mass is 367 g/mol. The van der Waals surface area contributed by atoms with E-state index in [-0.39, 0.29) is 5.91 Å². The number of nitrogens with one attached hydrogen (secondary N) is 2. The number of amides is 1. The standard InChI is InChI=1S/C21H29N5O/c1-3-4-11-22-21-23-14-17(15-24-21)20(27)25-18-5-7-19(8-6-18)26-12-9-16(2)10-13-26/h5-8,14-16H,3-4,9-13H2,1-2H3,(H,25,27)(H,22,23,24). The van der Waals surface area contributed by atoms with E-state index in [1.165, 1.54) is 18.5 Å². The Morgan fingerprint density at radius 1 is 1.15 bits per heavy atom. The first-order valence-electron chi connectivity index (χ1n) is 9.88. The van der Waals surface area contributed by atoms with E-state index in [4.69, 9.17) is 0 Å². The third-order valence-corrected chi connectivity index (χ3v) is 5.00. The lowest BCUT2D eigenvalue weighted by Gasteiger charge is -2.32. The summed E-state index contributed by atoms with van der Waals surface area (Å²) in [5, 5.41) is 6.05. The van der Waals surface area contributed by atoms with E-state index in [9.17, 15) is 4.79 Å². The number of carbonyl (C=O) groups excluding carboxylic acids is 1. The summed E-state index contributed by atoms with van der Waals surface area (Å²) in [6, 6.07) is 8.05. The fraction of sp³-hybridized carbons (Fsp3) is 0.476. The molecule has 27 heavy (non-hydrogen) atoms. The van der Waals surface area contributed by atoms with Crippen molar-refractivity contribution in [2.45, 2.75) is 39.5 Å². The van der Waals surface area contributed by atoms with Crippen molar-refractivity contribution in [1.82, 2.24) is 9.97 Å². The normalized spacial score (nSPS) is 14.8. The molecule has 0 bridgehead atoms. The lowest BCUT2D eigenvalue weighted by atomic mass is 9.99. The fourth-order valence-electron chi connectivity index (χ4n) is 3.14. The molecule has 0 spiro atoms. The number of rotatable bonds is 7. The van der Waals surface area contributed by atoms with Gasteiger partial charge in [0.05, 0.1) is 5.56 Å². The molecule has 3 rings (SSSR count). The van der Waals surface area contributed by atoms with E-state index in [2.05, 4.69) is 51.5 Å². The van der Waals surface area contributed by atoms with Crippen molar-refractivity contribution in [3.8, 4) is 0 Å². The number of nitrogens with zero attached hydrogens (tertiary/aromatic N) is 3. The van der Waals surface area contributed by atoms with Gasteiger partial charge in [-0.05, 0) is 49.4 Å². The Labute approximate surface area is 161 Å². The van der Waals surface area contributed by atoms with Gasteiger partial charge in [0.15, 0.2) is 0 Å². The van der Waals surface area contributed by atoms with E-state index in [0.29, 0.717) is 11.5 Å². The molecule has 1 aliphatic heterocycles. The van der Waals surface area contributed by atoms with Gasteiger partial charge in [0.1, 0.15) is 0 Å². The second-order valence-corrected chi connectivity index (χ2v) is 7.25. The van der Waals surface area contributed by atoms with E-state index >= 15 is 0 Å². The molecule has 0 unspecified atom stereocenters. The largest absolute Gasteiger partial charge is 0.372 e. The zero-order valence-corrected chi connectivity index (χ0v) is 16.2. The molecule has 1 saturated heterocycles. The van der Waals surface area contributed by atoms with Crippen LogP contribution in [0.5, 0.6) is 0 Å².